The maximum Gasteiger partial charge on any atom is 0.253 e. The van der Waals surface area contributed by atoms with Crippen LogP contribution in [0.15, 0.2) is 49.6 Å². The van der Waals surface area contributed by atoms with Gasteiger partial charge in [-0.3, -0.25) is 14.4 Å². The van der Waals surface area contributed by atoms with Gasteiger partial charge in [-0.1, -0.05) is 26.0 Å². The lowest BCUT2D eigenvalue weighted by Crippen LogP contribution is -2.57. The molecule has 0 aliphatic carbocycles. The second-order valence-corrected chi connectivity index (χ2v) is 12.0. The topological polar surface area (TPSA) is 99.6 Å². The molecule has 9 heteroatoms. The van der Waals surface area contributed by atoms with Crippen LogP contribution in [-0.4, -0.2) is 89.8 Å². The molecule has 3 aliphatic heterocycles. The van der Waals surface area contributed by atoms with E-state index in [1.54, 1.807) is 46.1 Å². The number of nitrogens with zero attached hydrogens (tertiary/aromatic N) is 3. The van der Waals surface area contributed by atoms with Crippen molar-refractivity contribution in [2.75, 3.05) is 44.8 Å². The molecular formula is C33H47N3O6. The zero-order chi connectivity index (χ0) is 30.7. The quantitative estimate of drug-likeness (QED) is 0.250. The number of benzene rings is 1. The van der Waals surface area contributed by atoms with Gasteiger partial charge in [0, 0.05) is 38.5 Å². The van der Waals surface area contributed by atoms with E-state index in [1.165, 1.54) is 0 Å². The van der Waals surface area contributed by atoms with E-state index < -0.39 is 29.1 Å². The first-order chi connectivity index (χ1) is 20.1. The van der Waals surface area contributed by atoms with Gasteiger partial charge in [0.25, 0.3) is 5.91 Å². The van der Waals surface area contributed by atoms with E-state index >= 15 is 0 Å². The van der Waals surface area contributed by atoms with Gasteiger partial charge in [0.05, 0.1) is 24.5 Å². The van der Waals surface area contributed by atoms with Gasteiger partial charge < -0.3 is 29.3 Å². The maximum absolute atomic E-state index is 14.7. The number of rotatable bonds is 15. The van der Waals surface area contributed by atoms with E-state index in [-0.39, 0.29) is 36.8 Å². The van der Waals surface area contributed by atoms with Crippen LogP contribution in [-0.2, 0) is 19.1 Å². The number of carbonyl (C=O) groups excluding carboxylic acids is 3. The van der Waals surface area contributed by atoms with Gasteiger partial charge in [-0.25, -0.2) is 0 Å². The van der Waals surface area contributed by atoms with Crippen LogP contribution in [0.25, 0.3) is 0 Å². The minimum absolute atomic E-state index is 0.0406. The van der Waals surface area contributed by atoms with Crippen LogP contribution >= 0.6 is 0 Å². The Hall–Kier alpha value is -3.17. The number of ether oxygens (including phenoxy) is 2. The Morgan fingerprint density at radius 2 is 1.83 bits per heavy atom. The molecule has 3 saturated heterocycles. The van der Waals surface area contributed by atoms with Crippen LogP contribution in [0.5, 0.6) is 5.75 Å². The minimum Gasteiger partial charge on any atom is -0.497 e. The molecule has 42 heavy (non-hydrogen) atoms. The predicted octanol–water partition coefficient (Wildman–Crippen LogP) is 3.81. The first-order valence-corrected chi connectivity index (χ1v) is 15.2. The summed E-state index contributed by atoms with van der Waals surface area (Å²) in [4.78, 5) is 48.5. The molecule has 6 atom stereocenters. The number of unbranched alkanes of at least 4 members (excludes halogenated alkanes) is 2. The van der Waals surface area contributed by atoms with Crippen molar-refractivity contribution < 1.29 is 29.0 Å². The lowest BCUT2D eigenvalue weighted by molar-refractivity contribution is -0.151. The highest BCUT2D eigenvalue weighted by atomic mass is 16.5. The summed E-state index contributed by atoms with van der Waals surface area (Å²) < 4.78 is 12.2. The first kappa shape index (κ1) is 31.8. The normalized spacial score (nSPS) is 29.4. The molecule has 2 bridgehead atoms. The molecule has 0 saturated carbocycles. The van der Waals surface area contributed by atoms with Crippen LogP contribution < -0.4 is 9.64 Å². The molecule has 3 aliphatic rings. The fourth-order valence-electron chi connectivity index (χ4n) is 7.48. The van der Waals surface area contributed by atoms with E-state index in [0.717, 1.165) is 6.42 Å². The number of aliphatic hydroxyl groups is 1. The van der Waals surface area contributed by atoms with Gasteiger partial charge >= 0.3 is 0 Å². The number of methoxy groups -OCH3 is 1. The fraction of sp³-hybridized carbons (Fsp3) is 0.606. The Kier molecular flexibility index (Phi) is 9.83. The molecule has 3 unspecified atom stereocenters. The third kappa shape index (κ3) is 5.26. The van der Waals surface area contributed by atoms with Crippen molar-refractivity contribution in [2.45, 2.75) is 70.1 Å². The molecule has 1 N–H and O–H groups in total. The first-order valence-electron chi connectivity index (χ1n) is 15.2. The molecule has 3 heterocycles. The zero-order valence-electron chi connectivity index (χ0n) is 25.6. The average Bonchev–Trinajstić information content (AvgIpc) is 3.49. The predicted molar refractivity (Wildman–Crippen MR) is 162 cm³/mol. The number of likely N-dealkylation sites (tertiary alicyclic amines) is 1. The van der Waals surface area contributed by atoms with E-state index in [4.69, 9.17) is 9.47 Å². The molecule has 3 fully saturated rings. The molecule has 0 radical (unpaired) electrons. The van der Waals surface area contributed by atoms with Gasteiger partial charge in [-0.2, -0.15) is 0 Å². The molecular weight excluding hydrogens is 534 g/mol. The van der Waals surface area contributed by atoms with Crippen LogP contribution in [0.4, 0.5) is 5.69 Å². The summed E-state index contributed by atoms with van der Waals surface area (Å²) in [5.74, 6) is -1.40. The number of hydrogen-bond donors (Lipinski definition) is 1. The van der Waals surface area contributed by atoms with E-state index in [0.29, 0.717) is 56.8 Å². The standard InChI is InChI=1S/C33H47N3O6/c1-7-17-34(18-8-2)29(38)26-27-30(39)36(20-11-10-12-21-37)28(33(27)22-23(4)32(26,5)42-33)31(40)35(19-9-3)24-13-15-25(41-6)16-14-24/h7,9,13-16,23,26-28,37H,1,3,8,10-12,17-22H2,2,4-6H3/t23?,26-,27-,28?,32+,33?/m0/s1. The van der Waals surface area contributed by atoms with Crippen molar-refractivity contribution in [1.29, 1.82) is 0 Å². The van der Waals surface area contributed by atoms with Crippen molar-refractivity contribution >= 4 is 23.4 Å². The number of carbonyl (C=O) groups is 3. The molecule has 1 spiro atoms. The van der Waals surface area contributed by atoms with E-state index in [1.807, 2.05) is 26.0 Å². The molecule has 3 amide bonds. The largest absolute Gasteiger partial charge is 0.497 e. The molecule has 1 aromatic rings. The zero-order valence-corrected chi connectivity index (χ0v) is 25.6. The number of aliphatic hydroxyl groups excluding tert-OH is 1. The smallest absolute Gasteiger partial charge is 0.253 e. The van der Waals surface area contributed by atoms with Gasteiger partial charge in [-0.05, 0) is 69.2 Å². The second-order valence-electron chi connectivity index (χ2n) is 12.0. The lowest BCUT2D eigenvalue weighted by atomic mass is 9.62. The van der Waals surface area contributed by atoms with Crippen LogP contribution in [0.1, 0.15) is 52.9 Å². The molecule has 9 nitrogen and oxygen atoms in total. The summed E-state index contributed by atoms with van der Waals surface area (Å²) in [7, 11) is 1.59. The highest BCUT2D eigenvalue weighted by Crippen LogP contribution is 2.65. The van der Waals surface area contributed by atoms with Crippen molar-refractivity contribution in [1.82, 2.24) is 9.80 Å². The Morgan fingerprint density at radius 1 is 1.14 bits per heavy atom. The summed E-state index contributed by atoms with van der Waals surface area (Å²) in [6.45, 7) is 15.3. The van der Waals surface area contributed by atoms with Crippen LogP contribution in [0.3, 0.4) is 0 Å². The monoisotopic (exact) mass is 581 g/mol. The third-order valence-corrected chi connectivity index (χ3v) is 9.49. The Balaban J connectivity index is 1.80. The summed E-state index contributed by atoms with van der Waals surface area (Å²) in [5, 5.41) is 9.33. The number of anilines is 1. The Bertz CT molecular complexity index is 1170. The van der Waals surface area contributed by atoms with Crippen molar-refractivity contribution in [3.63, 3.8) is 0 Å². The van der Waals surface area contributed by atoms with Gasteiger partial charge in [0.1, 0.15) is 17.4 Å². The van der Waals surface area contributed by atoms with Gasteiger partial charge in [-0.15, -0.1) is 13.2 Å². The maximum atomic E-state index is 14.7. The van der Waals surface area contributed by atoms with Crippen molar-refractivity contribution in [2.24, 2.45) is 17.8 Å². The average molecular weight is 582 g/mol. The molecule has 1 aromatic carbocycles. The summed E-state index contributed by atoms with van der Waals surface area (Å²) in [5.41, 5.74) is -1.35. The fourth-order valence-corrected chi connectivity index (χ4v) is 7.48. The summed E-state index contributed by atoms with van der Waals surface area (Å²) in [6, 6.07) is 6.33. The minimum atomic E-state index is -1.13. The van der Waals surface area contributed by atoms with Gasteiger partial charge in [0.15, 0.2) is 0 Å². The molecule has 4 rings (SSSR count). The second kappa shape index (κ2) is 13.0. The van der Waals surface area contributed by atoms with Crippen molar-refractivity contribution in [3.8, 4) is 5.75 Å². The van der Waals surface area contributed by atoms with Gasteiger partial charge in [0.2, 0.25) is 11.8 Å². The molecule has 0 aromatic heterocycles. The number of fused-ring (bicyclic) bond motifs is 1. The Morgan fingerprint density at radius 3 is 2.43 bits per heavy atom. The van der Waals surface area contributed by atoms with E-state index in [2.05, 4.69) is 20.1 Å². The Labute approximate surface area is 250 Å². The van der Waals surface area contributed by atoms with Crippen LogP contribution in [0.2, 0.25) is 0 Å². The SMILES string of the molecule is C=CCN(CCC)C(=O)[C@@H]1[C@H]2C(=O)N(CCCCCO)C(C(=O)N(CC=C)c3ccc(OC)cc3)C23CC(C)[C@@]1(C)O3. The highest BCUT2D eigenvalue weighted by Gasteiger charge is 2.80. The molecule has 230 valence electrons. The number of hydrogen-bond acceptors (Lipinski definition) is 6. The van der Waals surface area contributed by atoms with Crippen LogP contribution in [0, 0.1) is 17.8 Å². The lowest BCUT2D eigenvalue weighted by Gasteiger charge is -2.39. The van der Waals surface area contributed by atoms with Crippen molar-refractivity contribution in [3.05, 3.63) is 49.6 Å². The highest BCUT2D eigenvalue weighted by molar-refractivity contribution is 6.05. The summed E-state index contributed by atoms with van der Waals surface area (Å²) >= 11 is 0. The van der Waals surface area contributed by atoms with E-state index in [9.17, 15) is 19.5 Å². The third-order valence-electron chi connectivity index (χ3n) is 9.49. The summed E-state index contributed by atoms with van der Waals surface area (Å²) in [6.07, 6.45) is 6.63. The number of amides is 3.